The van der Waals surface area contributed by atoms with Crippen LogP contribution >= 0.6 is 0 Å². The van der Waals surface area contributed by atoms with E-state index in [-0.39, 0.29) is 24.8 Å². The fourth-order valence-electron chi connectivity index (χ4n) is 3.95. The molecule has 1 unspecified atom stereocenters. The van der Waals surface area contributed by atoms with Gasteiger partial charge in [-0.15, -0.1) is 0 Å². The van der Waals surface area contributed by atoms with Gasteiger partial charge in [0.25, 0.3) is 0 Å². The second-order valence-electron chi connectivity index (χ2n) is 7.16. The number of carbonyl (C=O) groups excluding carboxylic acids is 2. The van der Waals surface area contributed by atoms with Gasteiger partial charge in [0, 0.05) is 32.7 Å². The van der Waals surface area contributed by atoms with E-state index in [1.807, 2.05) is 54.6 Å². The molecule has 0 radical (unpaired) electrons. The Morgan fingerprint density at radius 2 is 1.78 bits per heavy atom. The number of amides is 2. The van der Waals surface area contributed by atoms with Gasteiger partial charge >= 0.3 is 0 Å². The highest BCUT2D eigenvalue weighted by Gasteiger charge is 2.49. The number of anilines is 1. The van der Waals surface area contributed by atoms with Crippen molar-refractivity contribution in [1.82, 2.24) is 4.90 Å². The molecule has 0 saturated heterocycles. The number of hydrogen-bond donors (Lipinski definition) is 1. The Morgan fingerprint density at radius 3 is 2.48 bits per heavy atom. The van der Waals surface area contributed by atoms with Crippen LogP contribution in [-0.2, 0) is 21.4 Å². The molecule has 5 heteroatoms. The van der Waals surface area contributed by atoms with Gasteiger partial charge in [-0.2, -0.15) is 0 Å². The zero-order chi connectivity index (χ0) is 19.4. The molecule has 1 N–H and O–H groups in total. The third kappa shape index (κ3) is 3.60. The molecule has 1 aliphatic rings. The van der Waals surface area contributed by atoms with E-state index in [1.165, 1.54) is 4.90 Å². The van der Waals surface area contributed by atoms with Crippen LogP contribution in [0.3, 0.4) is 0 Å². The van der Waals surface area contributed by atoms with E-state index in [1.54, 1.807) is 19.0 Å². The van der Waals surface area contributed by atoms with Crippen molar-refractivity contribution in [1.29, 1.82) is 0 Å². The molecule has 142 valence electrons. The summed E-state index contributed by atoms with van der Waals surface area (Å²) < 4.78 is 0. The average Bonchev–Trinajstić information content (AvgIpc) is 2.90. The number of hydrogen-bond acceptors (Lipinski definition) is 3. The monoisotopic (exact) mass is 366 g/mol. The fourth-order valence-corrected chi connectivity index (χ4v) is 3.95. The number of benzene rings is 2. The maximum absolute atomic E-state index is 13.4. The third-order valence-electron chi connectivity index (χ3n) is 5.47. The third-order valence-corrected chi connectivity index (χ3v) is 5.47. The van der Waals surface area contributed by atoms with Crippen molar-refractivity contribution in [3.8, 4) is 0 Å². The first-order chi connectivity index (χ1) is 13.0. The van der Waals surface area contributed by atoms with Crippen molar-refractivity contribution < 1.29 is 14.7 Å². The molecule has 3 rings (SSSR count). The fraction of sp³-hybridized carbons (Fsp3) is 0.364. The molecule has 1 atom stereocenters. The predicted octanol–water partition coefficient (Wildman–Crippen LogP) is 2.37. The minimum absolute atomic E-state index is 0.0326. The summed E-state index contributed by atoms with van der Waals surface area (Å²) in [6.45, 7) is 0.233. The molecule has 2 amide bonds. The van der Waals surface area contributed by atoms with Crippen LogP contribution in [0.15, 0.2) is 54.6 Å². The highest BCUT2D eigenvalue weighted by molar-refractivity contribution is 6.08. The van der Waals surface area contributed by atoms with Crippen LogP contribution in [0, 0.1) is 0 Å². The van der Waals surface area contributed by atoms with Gasteiger partial charge in [0.15, 0.2) is 0 Å². The highest BCUT2D eigenvalue weighted by Crippen LogP contribution is 2.46. The standard InChI is InChI=1S/C22H26N2O3/c1-23(14-15-25)20(26)12-13-22(16-17-8-4-3-5-9-17)18-10-6-7-11-19(18)24(2)21(22)27/h3-11,25H,12-16H2,1-2H3. The van der Waals surface area contributed by atoms with E-state index in [0.717, 1.165) is 16.8 Å². The van der Waals surface area contributed by atoms with Gasteiger partial charge in [-0.25, -0.2) is 0 Å². The quantitative estimate of drug-likeness (QED) is 0.818. The number of fused-ring (bicyclic) bond motifs is 1. The lowest BCUT2D eigenvalue weighted by atomic mass is 9.73. The Kier molecular flexibility index (Phi) is 5.61. The largest absolute Gasteiger partial charge is 0.395 e. The lowest BCUT2D eigenvalue weighted by Gasteiger charge is -2.29. The summed E-state index contributed by atoms with van der Waals surface area (Å²) in [5.74, 6) is -0.0264. The molecule has 0 saturated carbocycles. The average molecular weight is 366 g/mol. The first kappa shape index (κ1) is 19.1. The molecule has 5 nitrogen and oxygen atoms in total. The van der Waals surface area contributed by atoms with E-state index >= 15 is 0 Å². The maximum atomic E-state index is 13.4. The van der Waals surface area contributed by atoms with Crippen molar-refractivity contribution in [2.24, 2.45) is 0 Å². The van der Waals surface area contributed by atoms with Crippen LogP contribution in [0.1, 0.15) is 24.0 Å². The van der Waals surface area contributed by atoms with Crippen LogP contribution in [0.4, 0.5) is 5.69 Å². The first-order valence-corrected chi connectivity index (χ1v) is 9.26. The summed E-state index contributed by atoms with van der Waals surface area (Å²) in [5.41, 5.74) is 2.23. The highest BCUT2D eigenvalue weighted by atomic mass is 16.3. The van der Waals surface area contributed by atoms with Crippen LogP contribution in [0.25, 0.3) is 0 Å². The van der Waals surface area contributed by atoms with Gasteiger partial charge in [0.05, 0.1) is 12.0 Å². The van der Waals surface area contributed by atoms with E-state index in [0.29, 0.717) is 19.4 Å². The van der Waals surface area contributed by atoms with Crippen LogP contribution in [0.5, 0.6) is 0 Å². The minimum atomic E-state index is -0.748. The molecular formula is C22H26N2O3. The molecule has 0 spiro atoms. The molecule has 0 bridgehead atoms. The topological polar surface area (TPSA) is 60.9 Å². The summed E-state index contributed by atoms with van der Waals surface area (Å²) in [5, 5.41) is 9.06. The van der Waals surface area contributed by atoms with E-state index in [4.69, 9.17) is 5.11 Å². The van der Waals surface area contributed by atoms with Crippen LogP contribution in [0.2, 0.25) is 0 Å². The van der Waals surface area contributed by atoms with Gasteiger partial charge in [-0.05, 0) is 30.0 Å². The lowest BCUT2D eigenvalue weighted by molar-refractivity contribution is -0.131. The summed E-state index contributed by atoms with van der Waals surface area (Å²) in [7, 11) is 3.48. The Labute approximate surface area is 160 Å². The molecule has 0 aliphatic carbocycles. The van der Waals surface area contributed by atoms with Crippen LogP contribution in [-0.4, -0.2) is 49.1 Å². The number of likely N-dealkylation sites (N-methyl/N-ethyl adjacent to an activating group) is 2. The normalized spacial score (nSPS) is 18.5. The molecule has 1 heterocycles. The van der Waals surface area contributed by atoms with Crippen molar-refractivity contribution in [2.45, 2.75) is 24.7 Å². The summed E-state index contributed by atoms with van der Waals surface area (Å²) >= 11 is 0. The van der Waals surface area contributed by atoms with Crippen molar-refractivity contribution in [3.63, 3.8) is 0 Å². The Bertz CT molecular complexity index is 821. The summed E-state index contributed by atoms with van der Waals surface area (Å²) in [4.78, 5) is 29.1. The Hall–Kier alpha value is -2.66. The van der Waals surface area contributed by atoms with Crippen molar-refractivity contribution in [3.05, 3.63) is 65.7 Å². The molecule has 0 aromatic heterocycles. The molecule has 2 aromatic rings. The minimum Gasteiger partial charge on any atom is -0.395 e. The number of rotatable bonds is 7. The second kappa shape index (κ2) is 7.92. The SMILES string of the molecule is CN(CCO)C(=O)CCC1(Cc2ccccc2)C(=O)N(C)c2ccccc21. The van der Waals surface area contributed by atoms with E-state index in [9.17, 15) is 9.59 Å². The van der Waals surface area contributed by atoms with E-state index < -0.39 is 5.41 Å². The Balaban J connectivity index is 1.96. The Morgan fingerprint density at radius 1 is 1.11 bits per heavy atom. The molecule has 2 aromatic carbocycles. The van der Waals surface area contributed by atoms with Crippen LogP contribution < -0.4 is 4.90 Å². The number of carbonyl (C=O) groups is 2. The summed E-state index contributed by atoms with van der Waals surface area (Å²) in [6.07, 6.45) is 1.26. The number of aliphatic hydroxyl groups is 1. The lowest BCUT2D eigenvalue weighted by Crippen LogP contribution is -2.42. The van der Waals surface area contributed by atoms with Crippen molar-refractivity contribution in [2.75, 3.05) is 32.1 Å². The second-order valence-corrected chi connectivity index (χ2v) is 7.16. The molecule has 1 aliphatic heterocycles. The zero-order valence-electron chi connectivity index (χ0n) is 15.9. The van der Waals surface area contributed by atoms with Crippen molar-refractivity contribution >= 4 is 17.5 Å². The summed E-state index contributed by atoms with van der Waals surface area (Å²) in [6, 6.07) is 17.8. The van der Waals surface area contributed by atoms with Gasteiger partial charge in [-0.1, -0.05) is 48.5 Å². The van der Waals surface area contributed by atoms with Gasteiger partial charge in [0.1, 0.15) is 0 Å². The van der Waals surface area contributed by atoms with Gasteiger partial charge in [-0.3, -0.25) is 9.59 Å². The van der Waals surface area contributed by atoms with E-state index in [2.05, 4.69) is 0 Å². The smallest absolute Gasteiger partial charge is 0.237 e. The van der Waals surface area contributed by atoms with Gasteiger partial charge in [0.2, 0.25) is 11.8 Å². The molecular weight excluding hydrogens is 340 g/mol. The number of nitrogens with zero attached hydrogens (tertiary/aromatic N) is 2. The zero-order valence-corrected chi connectivity index (χ0v) is 15.9. The maximum Gasteiger partial charge on any atom is 0.237 e. The first-order valence-electron chi connectivity index (χ1n) is 9.26. The number of aliphatic hydroxyl groups excluding tert-OH is 1. The molecule has 27 heavy (non-hydrogen) atoms. The number of para-hydroxylation sites is 1. The predicted molar refractivity (Wildman–Crippen MR) is 106 cm³/mol. The van der Waals surface area contributed by atoms with Gasteiger partial charge < -0.3 is 14.9 Å². The molecule has 0 fully saturated rings.